The number of nitrogens with zero attached hydrogens (tertiary/aromatic N) is 4. The predicted octanol–water partition coefficient (Wildman–Crippen LogP) is 0.620. The smallest absolute Gasteiger partial charge is 0.226 e. The summed E-state index contributed by atoms with van der Waals surface area (Å²) in [6.45, 7) is 1.56. The van der Waals surface area contributed by atoms with E-state index in [-0.39, 0.29) is 0 Å². The zero-order chi connectivity index (χ0) is 12.5. The minimum Gasteiger partial charge on any atom is -0.379 e. The van der Waals surface area contributed by atoms with Gasteiger partial charge in [-0.2, -0.15) is 15.1 Å². The second-order valence-corrected chi connectivity index (χ2v) is 4.38. The number of hydrogen-bond acceptors (Lipinski definition) is 6. The highest BCUT2D eigenvalue weighted by atomic mass is 16.5. The molecule has 7 heteroatoms. The Morgan fingerprint density at radius 1 is 1.50 bits per heavy atom. The largest absolute Gasteiger partial charge is 0.379 e. The van der Waals surface area contributed by atoms with Gasteiger partial charge >= 0.3 is 0 Å². The summed E-state index contributed by atoms with van der Waals surface area (Å²) in [5, 5.41) is 10.8. The zero-order valence-corrected chi connectivity index (χ0v) is 10.5. The van der Waals surface area contributed by atoms with Crippen LogP contribution >= 0.6 is 0 Å². The molecule has 2 aromatic rings. The van der Waals surface area contributed by atoms with E-state index in [1.54, 1.807) is 13.2 Å². The number of nitrogens with one attached hydrogen (secondary N) is 2. The number of hydrogen-bond donors (Lipinski definition) is 2. The summed E-state index contributed by atoms with van der Waals surface area (Å²) in [7, 11) is 3.84. The van der Waals surface area contributed by atoms with Crippen molar-refractivity contribution in [1.29, 1.82) is 0 Å². The summed E-state index contributed by atoms with van der Waals surface area (Å²) in [6, 6.07) is 0.364. The molecule has 0 saturated carbocycles. The van der Waals surface area contributed by atoms with Crippen LogP contribution in [0, 0.1) is 0 Å². The van der Waals surface area contributed by atoms with Gasteiger partial charge in [-0.3, -0.25) is 5.10 Å². The van der Waals surface area contributed by atoms with E-state index in [9.17, 15) is 0 Å². The molecule has 1 aliphatic rings. The van der Waals surface area contributed by atoms with Crippen molar-refractivity contribution >= 4 is 22.8 Å². The van der Waals surface area contributed by atoms with Gasteiger partial charge < -0.3 is 15.0 Å². The summed E-state index contributed by atoms with van der Waals surface area (Å²) in [5.74, 6) is 1.47. The van der Waals surface area contributed by atoms with Crippen LogP contribution in [0.2, 0.25) is 0 Å². The minimum atomic E-state index is 0.364. The number of aromatic nitrogens is 4. The Morgan fingerprint density at radius 3 is 3.11 bits per heavy atom. The van der Waals surface area contributed by atoms with Gasteiger partial charge in [-0.05, 0) is 6.42 Å². The van der Waals surface area contributed by atoms with Crippen LogP contribution in [0.15, 0.2) is 6.20 Å². The van der Waals surface area contributed by atoms with E-state index in [0.29, 0.717) is 12.0 Å². The highest BCUT2D eigenvalue weighted by molar-refractivity contribution is 5.87. The zero-order valence-electron chi connectivity index (χ0n) is 10.5. The van der Waals surface area contributed by atoms with Gasteiger partial charge in [0.05, 0.1) is 24.2 Å². The lowest BCUT2D eigenvalue weighted by Crippen LogP contribution is -2.32. The quantitative estimate of drug-likeness (QED) is 0.829. The Hall–Kier alpha value is -1.89. The molecule has 0 aliphatic carbocycles. The number of anilines is 2. The fourth-order valence-electron chi connectivity index (χ4n) is 2.20. The molecule has 0 radical (unpaired) electrons. The molecule has 1 aliphatic heterocycles. The van der Waals surface area contributed by atoms with E-state index in [0.717, 1.165) is 36.5 Å². The van der Waals surface area contributed by atoms with Crippen LogP contribution in [-0.4, -0.2) is 53.5 Å². The SMILES string of the molecule is CNc1nc(N(C)C2CCOC2)c2cn[nH]c2n1. The van der Waals surface area contributed by atoms with Crippen LogP contribution in [0.5, 0.6) is 0 Å². The van der Waals surface area contributed by atoms with Crippen molar-refractivity contribution in [2.75, 3.05) is 37.5 Å². The van der Waals surface area contributed by atoms with Crippen LogP contribution in [0.4, 0.5) is 11.8 Å². The topological polar surface area (TPSA) is 79.0 Å². The van der Waals surface area contributed by atoms with E-state index in [1.807, 2.05) is 7.05 Å². The molecular formula is C11H16N6O. The van der Waals surface area contributed by atoms with Gasteiger partial charge in [0, 0.05) is 20.7 Å². The van der Waals surface area contributed by atoms with Crippen molar-refractivity contribution in [3.63, 3.8) is 0 Å². The number of likely N-dealkylation sites (N-methyl/N-ethyl adjacent to an activating group) is 1. The molecule has 3 rings (SSSR count). The number of ether oxygens (including phenoxy) is 1. The summed E-state index contributed by atoms with van der Waals surface area (Å²) in [6.07, 6.45) is 2.78. The highest BCUT2D eigenvalue weighted by Gasteiger charge is 2.23. The van der Waals surface area contributed by atoms with Gasteiger partial charge in [0.25, 0.3) is 0 Å². The number of H-pyrrole nitrogens is 1. The fraction of sp³-hybridized carbons (Fsp3) is 0.545. The minimum absolute atomic E-state index is 0.364. The van der Waals surface area contributed by atoms with Crippen molar-refractivity contribution in [2.45, 2.75) is 12.5 Å². The first-order chi connectivity index (χ1) is 8.79. The first kappa shape index (κ1) is 11.2. The molecule has 2 N–H and O–H groups in total. The Labute approximate surface area is 105 Å². The molecule has 1 atom stereocenters. The maximum atomic E-state index is 5.43. The highest BCUT2D eigenvalue weighted by Crippen LogP contribution is 2.26. The van der Waals surface area contributed by atoms with E-state index < -0.39 is 0 Å². The van der Waals surface area contributed by atoms with Gasteiger partial charge in [-0.1, -0.05) is 0 Å². The van der Waals surface area contributed by atoms with Crippen molar-refractivity contribution in [2.24, 2.45) is 0 Å². The van der Waals surface area contributed by atoms with Crippen LogP contribution in [0.1, 0.15) is 6.42 Å². The summed E-state index contributed by atoms with van der Waals surface area (Å²) in [5.41, 5.74) is 0.745. The van der Waals surface area contributed by atoms with E-state index in [1.165, 1.54) is 0 Å². The summed E-state index contributed by atoms with van der Waals surface area (Å²) in [4.78, 5) is 11.0. The maximum absolute atomic E-state index is 5.43. The van der Waals surface area contributed by atoms with Crippen molar-refractivity contribution in [3.8, 4) is 0 Å². The predicted molar refractivity (Wildman–Crippen MR) is 68.9 cm³/mol. The number of fused-ring (bicyclic) bond motifs is 1. The van der Waals surface area contributed by atoms with Crippen LogP contribution in [-0.2, 0) is 4.74 Å². The second-order valence-electron chi connectivity index (χ2n) is 4.38. The van der Waals surface area contributed by atoms with Crippen molar-refractivity contribution in [3.05, 3.63) is 6.20 Å². The Morgan fingerprint density at radius 2 is 2.39 bits per heavy atom. The third kappa shape index (κ3) is 1.76. The fourth-order valence-corrected chi connectivity index (χ4v) is 2.20. The van der Waals surface area contributed by atoms with Gasteiger partial charge in [0.15, 0.2) is 5.65 Å². The van der Waals surface area contributed by atoms with Gasteiger partial charge in [0.1, 0.15) is 5.82 Å². The Bertz CT molecular complexity index is 547. The first-order valence-corrected chi connectivity index (χ1v) is 5.99. The molecule has 3 heterocycles. The first-order valence-electron chi connectivity index (χ1n) is 5.99. The van der Waals surface area contributed by atoms with Crippen LogP contribution in [0.25, 0.3) is 11.0 Å². The third-order valence-electron chi connectivity index (χ3n) is 3.30. The molecule has 7 nitrogen and oxygen atoms in total. The summed E-state index contributed by atoms with van der Waals surface area (Å²) >= 11 is 0. The third-order valence-corrected chi connectivity index (χ3v) is 3.30. The molecule has 18 heavy (non-hydrogen) atoms. The van der Waals surface area contributed by atoms with Crippen LogP contribution < -0.4 is 10.2 Å². The molecule has 0 amide bonds. The molecule has 0 aromatic carbocycles. The van der Waals surface area contributed by atoms with E-state index >= 15 is 0 Å². The number of rotatable bonds is 3. The normalized spacial score (nSPS) is 19.3. The Balaban J connectivity index is 2.05. The van der Waals surface area contributed by atoms with E-state index in [4.69, 9.17) is 4.74 Å². The molecular weight excluding hydrogens is 232 g/mol. The van der Waals surface area contributed by atoms with Crippen LogP contribution in [0.3, 0.4) is 0 Å². The van der Waals surface area contributed by atoms with Gasteiger partial charge in [0.2, 0.25) is 5.95 Å². The molecule has 96 valence electrons. The van der Waals surface area contributed by atoms with Gasteiger partial charge in [-0.15, -0.1) is 0 Å². The lowest BCUT2D eigenvalue weighted by atomic mass is 10.2. The molecule has 1 unspecified atom stereocenters. The lowest BCUT2D eigenvalue weighted by Gasteiger charge is -2.24. The average molecular weight is 248 g/mol. The Kier molecular flexibility index (Phi) is 2.75. The molecule has 1 saturated heterocycles. The maximum Gasteiger partial charge on any atom is 0.226 e. The van der Waals surface area contributed by atoms with Crippen molar-refractivity contribution in [1.82, 2.24) is 20.2 Å². The van der Waals surface area contributed by atoms with Gasteiger partial charge in [-0.25, -0.2) is 0 Å². The average Bonchev–Trinajstić information content (AvgIpc) is 3.07. The van der Waals surface area contributed by atoms with E-state index in [2.05, 4.69) is 30.4 Å². The molecule has 2 aromatic heterocycles. The standard InChI is InChI=1S/C11H16N6O/c1-12-11-14-9-8(5-13-16-9)10(15-11)17(2)7-3-4-18-6-7/h5,7H,3-4,6H2,1-2H3,(H2,12,13,14,15,16). The molecule has 0 spiro atoms. The monoisotopic (exact) mass is 248 g/mol. The molecule has 1 fully saturated rings. The number of aromatic amines is 1. The molecule has 0 bridgehead atoms. The lowest BCUT2D eigenvalue weighted by molar-refractivity contribution is 0.193. The second kappa shape index (κ2) is 4.41. The van der Waals surface area contributed by atoms with Crippen molar-refractivity contribution < 1.29 is 4.74 Å². The summed E-state index contributed by atoms with van der Waals surface area (Å²) < 4.78 is 5.43.